The van der Waals surface area contributed by atoms with Crippen molar-refractivity contribution in [3.8, 4) is 0 Å². The van der Waals surface area contributed by atoms with Crippen LogP contribution in [0.25, 0.3) is 0 Å². The Labute approximate surface area is 81.2 Å². The molecule has 0 aromatic rings. The highest BCUT2D eigenvalue weighted by Crippen LogP contribution is 2.16. The molecule has 1 saturated heterocycles. The fourth-order valence-corrected chi connectivity index (χ4v) is 1.87. The van der Waals surface area contributed by atoms with E-state index in [0.29, 0.717) is 6.04 Å². The smallest absolute Gasteiger partial charge is 0.0503 e. The van der Waals surface area contributed by atoms with Crippen molar-refractivity contribution in [2.45, 2.75) is 25.8 Å². The predicted octanol–water partition coefficient (Wildman–Crippen LogP) is 0.692. The molecule has 0 aliphatic carbocycles. The first kappa shape index (κ1) is 11.0. The fourth-order valence-electron chi connectivity index (χ4n) is 1.87. The van der Waals surface area contributed by atoms with Crippen LogP contribution in [-0.4, -0.2) is 44.3 Å². The van der Waals surface area contributed by atoms with Crippen LogP contribution in [0.1, 0.15) is 19.8 Å². The summed E-state index contributed by atoms with van der Waals surface area (Å²) in [5.41, 5.74) is 5.71. The zero-order valence-corrected chi connectivity index (χ0v) is 8.83. The fraction of sp³-hybridized carbons (Fsp3) is 1.00. The summed E-state index contributed by atoms with van der Waals surface area (Å²) in [6, 6.07) is 0.335. The number of rotatable bonds is 5. The van der Waals surface area contributed by atoms with Gasteiger partial charge in [-0.05, 0) is 38.8 Å². The van der Waals surface area contributed by atoms with Gasteiger partial charge in [0, 0.05) is 19.7 Å². The van der Waals surface area contributed by atoms with Crippen LogP contribution >= 0.6 is 0 Å². The first-order valence-electron chi connectivity index (χ1n) is 5.19. The minimum absolute atomic E-state index is 0.335. The molecule has 0 amide bonds. The topological polar surface area (TPSA) is 38.5 Å². The van der Waals surface area contributed by atoms with Crippen molar-refractivity contribution >= 4 is 0 Å². The zero-order valence-electron chi connectivity index (χ0n) is 8.83. The van der Waals surface area contributed by atoms with E-state index in [1.807, 2.05) is 0 Å². The van der Waals surface area contributed by atoms with Gasteiger partial charge in [-0.3, -0.25) is 0 Å². The van der Waals surface area contributed by atoms with Crippen LogP contribution in [0, 0.1) is 5.92 Å². The largest absolute Gasteiger partial charge is 0.384 e. The summed E-state index contributed by atoms with van der Waals surface area (Å²) in [7, 11) is 1.78. The summed E-state index contributed by atoms with van der Waals surface area (Å²) in [6.07, 6.45) is 2.40. The lowest BCUT2D eigenvalue weighted by Gasteiger charge is -2.16. The average molecular weight is 186 g/mol. The van der Waals surface area contributed by atoms with E-state index >= 15 is 0 Å². The molecule has 1 rings (SSSR count). The first-order chi connectivity index (χ1) is 6.22. The maximum absolute atomic E-state index is 5.71. The molecular formula is C10H22N2O. The SMILES string of the molecule is COCC1CCN(CCC(C)N)C1. The molecule has 0 radical (unpaired) electrons. The lowest BCUT2D eigenvalue weighted by molar-refractivity contribution is 0.153. The van der Waals surface area contributed by atoms with Crippen LogP contribution in [0.4, 0.5) is 0 Å². The highest BCUT2D eigenvalue weighted by atomic mass is 16.5. The Kier molecular flexibility index (Phi) is 4.70. The predicted molar refractivity (Wildman–Crippen MR) is 54.7 cm³/mol. The first-order valence-corrected chi connectivity index (χ1v) is 5.19. The standard InChI is InChI=1S/C10H22N2O/c1-9(11)3-5-12-6-4-10(7-12)8-13-2/h9-10H,3-8,11H2,1-2H3. The molecule has 0 bridgehead atoms. The molecule has 0 saturated carbocycles. The second kappa shape index (κ2) is 5.58. The van der Waals surface area contributed by atoms with Crippen LogP contribution in [-0.2, 0) is 4.74 Å². The number of ether oxygens (including phenoxy) is 1. The number of nitrogens with zero attached hydrogens (tertiary/aromatic N) is 1. The van der Waals surface area contributed by atoms with Gasteiger partial charge < -0.3 is 15.4 Å². The third kappa shape index (κ3) is 4.07. The summed E-state index contributed by atoms with van der Waals surface area (Å²) >= 11 is 0. The van der Waals surface area contributed by atoms with Crippen molar-refractivity contribution < 1.29 is 4.74 Å². The third-order valence-electron chi connectivity index (χ3n) is 2.67. The minimum Gasteiger partial charge on any atom is -0.384 e. The van der Waals surface area contributed by atoms with Crippen LogP contribution in [0.5, 0.6) is 0 Å². The van der Waals surface area contributed by atoms with Gasteiger partial charge in [-0.25, -0.2) is 0 Å². The molecule has 0 aromatic heterocycles. The monoisotopic (exact) mass is 186 g/mol. The van der Waals surface area contributed by atoms with Crippen molar-refractivity contribution in [2.75, 3.05) is 33.4 Å². The van der Waals surface area contributed by atoms with Crippen molar-refractivity contribution in [1.82, 2.24) is 4.90 Å². The molecule has 0 aromatic carbocycles. The minimum atomic E-state index is 0.335. The van der Waals surface area contributed by atoms with Crippen molar-refractivity contribution in [3.05, 3.63) is 0 Å². The molecule has 1 heterocycles. The second-order valence-corrected chi connectivity index (χ2v) is 4.18. The van der Waals surface area contributed by atoms with E-state index in [1.54, 1.807) is 7.11 Å². The Bertz CT molecular complexity index is 139. The summed E-state index contributed by atoms with van der Waals surface area (Å²) in [5.74, 6) is 0.748. The van der Waals surface area contributed by atoms with Gasteiger partial charge in [0.1, 0.15) is 0 Å². The van der Waals surface area contributed by atoms with E-state index in [4.69, 9.17) is 10.5 Å². The van der Waals surface area contributed by atoms with E-state index < -0.39 is 0 Å². The number of methoxy groups -OCH3 is 1. The average Bonchev–Trinajstić information content (AvgIpc) is 2.50. The number of nitrogens with two attached hydrogens (primary N) is 1. The lowest BCUT2D eigenvalue weighted by atomic mass is 10.1. The Balaban J connectivity index is 2.10. The molecule has 1 aliphatic rings. The molecule has 2 atom stereocenters. The van der Waals surface area contributed by atoms with Gasteiger partial charge in [0.2, 0.25) is 0 Å². The number of likely N-dealkylation sites (tertiary alicyclic amines) is 1. The highest BCUT2D eigenvalue weighted by molar-refractivity contribution is 4.75. The Morgan fingerprint density at radius 2 is 2.38 bits per heavy atom. The van der Waals surface area contributed by atoms with Crippen LogP contribution in [0.2, 0.25) is 0 Å². The van der Waals surface area contributed by atoms with Crippen molar-refractivity contribution in [2.24, 2.45) is 11.7 Å². The lowest BCUT2D eigenvalue weighted by Crippen LogP contribution is -2.27. The van der Waals surface area contributed by atoms with E-state index in [0.717, 1.165) is 25.5 Å². The number of hydrogen-bond donors (Lipinski definition) is 1. The zero-order chi connectivity index (χ0) is 9.68. The van der Waals surface area contributed by atoms with Gasteiger partial charge in [-0.2, -0.15) is 0 Å². The van der Waals surface area contributed by atoms with Crippen molar-refractivity contribution in [3.63, 3.8) is 0 Å². The van der Waals surface area contributed by atoms with Crippen LogP contribution < -0.4 is 5.73 Å². The summed E-state index contributed by atoms with van der Waals surface area (Å²) in [4.78, 5) is 2.49. The Morgan fingerprint density at radius 3 is 3.00 bits per heavy atom. The Morgan fingerprint density at radius 1 is 1.62 bits per heavy atom. The van der Waals surface area contributed by atoms with Gasteiger partial charge in [-0.15, -0.1) is 0 Å². The summed E-state index contributed by atoms with van der Waals surface area (Å²) in [5, 5.41) is 0. The summed E-state index contributed by atoms with van der Waals surface area (Å²) < 4.78 is 5.15. The van der Waals surface area contributed by atoms with Gasteiger partial charge in [-0.1, -0.05) is 0 Å². The third-order valence-corrected chi connectivity index (χ3v) is 2.67. The van der Waals surface area contributed by atoms with Gasteiger partial charge in [0.15, 0.2) is 0 Å². The molecule has 13 heavy (non-hydrogen) atoms. The van der Waals surface area contributed by atoms with E-state index in [9.17, 15) is 0 Å². The molecule has 1 fully saturated rings. The molecule has 3 nitrogen and oxygen atoms in total. The maximum atomic E-state index is 5.71. The Hall–Kier alpha value is -0.120. The summed E-state index contributed by atoms with van der Waals surface area (Å²) in [6.45, 7) is 6.55. The second-order valence-electron chi connectivity index (χ2n) is 4.18. The van der Waals surface area contributed by atoms with Gasteiger partial charge in [0.25, 0.3) is 0 Å². The van der Waals surface area contributed by atoms with Crippen molar-refractivity contribution in [1.29, 1.82) is 0 Å². The quantitative estimate of drug-likeness (QED) is 0.686. The highest BCUT2D eigenvalue weighted by Gasteiger charge is 2.21. The normalized spacial score (nSPS) is 26.5. The van der Waals surface area contributed by atoms with Gasteiger partial charge >= 0.3 is 0 Å². The van der Waals surface area contributed by atoms with E-state index in [-0.39, 0.29) is 0 Å². The number of hydrogen-bond acceptors (Lipinski definition) is 3. The molecule has 3 heteroatoms. The molecule has 0 spiro atoms. The van der Waals surface area contributed by atoms with Gasteiger partial charge in [0.05, 0.1) is 6.61 Å². The van der Waals surface area contributed by atoms with E-state index in [1.165, 1.54) is 19.5 Å². The molecule has 78 valence electrons. The van der Waals surface area contributed by atoms with Crippen LogP contribution in [0.15, 0.2) is 0 Å². The van der Waals surface area contributed by atoms with E-state index in [2.05, 4.69) is 11.8 Å². The molecule has 2 N–H and O–H groups in total. The molecule has 2 unspecified atom stereocenters. The molecule has 1 aliphatic heterocycles. The van der Waals surface area contributed by atoms with Crippen LogP contribution in [0.3, 0.4) is 0 Å². The maximum Gasteiger partial charge on any atom is 0.0503 e. The molecular weight excluding hydrogens is 164 g/mol.